The molecule has 0 saturated heterocycles. The third kappa shape index (κ3) is 2.40. The Morgan fingerprint density at radius 2 is 2.00 bits per heavy atom. The van der Waals surface area contributed by atoms with Gasteiger partial charge in [0.1, 0.15) is 0 Å². The summed E-state index contributed by atoms with van der Waals surface area (Å²) in [7, 11) is 0. The van der Waals surface area contributed by atoms with Crippen LogP contribution in [0.5, 0.6) is 0 Å². The number of para-hydroxylation sites is 1. The van der Waals surface area contributed by atoms with Crippen molar-refractivity contribution in [3.63, 3.8) is 0 Å². The molecule has 0 amide bonds. The molecule has 0 radical (unpaired) electrons. The summed E-state index contributed by atoms with van der Waals surface area (Å²) in [5.41, 5.74) is 2.17. The molecule has 104 valence electrons. The fourth-order valence-corrected chi connectivity index (χ4v) is 2.25. The summed E-state index contributed by atoms with van der Waals surface area (Å²) in [6, 6.07) is 8.04. The lowest BCUT2D eigenvalue weighted by Crippen LogP contribution is -2.07. The van der Waals surface area contributed by atoms with E-state index in [0.717, 1.165) is 5.69 Å². The number of nitro benzene ring substituents is 1. The molecule has 1 aromatic heterocycles. The van der Waals surface area contributed by atoms with Crippen LogP contribution in [-0.2, 0) is 6.54 Å². The molecule has 6 heteroatoms. The minimum absolute atomic E-state index is 0.0388. The molecular formula is C14H14N2O4. The van der Waals surface area contributed by atoms with Crippen molar-refractivity contribution < 1.29 is 14.8 Å². The van der Waals surface area contributed by atoms with Crippen molar-refractivity contribution in [3.05, 3.63) is 63.0 Å². The van der Waals surface area contributed by atoms with Crippen LogP contribution in [0.15, 0.2) is 30.3 Å². The third-order valence-electron chi connectivity index (χ3n) is 3.32. The molecule has 0 aliphatic rings. The van der Waals surface area contributed by atoms with Gasteiger partial charge >= 0.3 is 5.97 Å². The number of nitro groups is 1. The summed E-state index contributed by atoms with van der Waals surface area (Å²) in [5.74, 6) is -0.994. The highest BCUT2D eigenvalue weighted by Crippen LogP contribution is 2.22. The molecule has 0 fully saturated rings. The minimum Gasteiger partial charge on any atom is -0.478 e. The highest BCUT2D eigenvalue weighted by atomic mass is 16.6. The van der Waals surface area contributed by atoms with E-state index in [2.05, 4.69) is 0 Å². The first-order chi connectivity index (χ1) is 9.41. The van der Waals surface area contributed by atoms with E-state index in [4.69, 9.17) is 5.11 Å². The van der Waals surface area contributed by atoms with E-state index in [1.807, 2.05) is 0 Å². The van der Waals surface area contributed by atoms with Crippen molar-refractivity contribution in [1.29, 1.82) is 0 Å². The summed E-state index contributed by atoms with van der Waals surface area (Å²) in [4.78, 5) is 21.7. The number of hydrogen-bond donors (Lipinski definition) is 1. The quantitative estimate of drug-likeness (QED) is 0.686. The number of benzene rings is 1. The van der Waals surface area contributed by atoms with E-state index in [1.165, 1.54) is 6.07 Å². The Labute approximate surface area is 115 Å². The first kappa shape index (κ1) is 13.8. The van der Waals surface area contributed by atoms with Gasteiger partial charge in [0.15, 0.2) is 0 Å². The van der Waals surface area contributed by atoms with Crippen molar-refractivity contribution in [2.24, 2.45) is 0 Å². The Morgan fingerprint density at radius 3 is 2.55 bits per heavy atom. The minimum atomic E-state index is -0.994. The van der Waals surface area contributed by atoms with Gasteiger partial charge in [-0.05, 0) is 19.9 Å². The second-order valence-electron chi connectivity index (χ2n) is 4.56. The van der Waals surface area contributed by atoms with Crippen LogP contribution < -0.4 is 0 Å². The number of aromatic carboxylic acids is 1. The van der Waals surface area contributed by atoms with Gasteiger partial charge in [-0.25, -0.2) is 4.79 Å². The molecule has 2 rings (SSSR count). The Balaban J connectivity index is 2.46. The smallest absolute Gasteiger partial charge is 0.337 e. The van der Waals surface area contributed by atoms with Crippen molar-refractivity contribution >= 4 is 11.7 Å². The van der Waals surface area contributed by atoms with Gasteiger partial charge in [0.05, 0.1) is 17.0 Å². The van der Waals surface area contributed by atoms with Crippen molar-refractivity contribution in [1.82, 2.24) is 4.57 Å². The Kier molecular flexibility index (Phi) is 3.56. The van der Waals surface area contributed by atoms with Crippen LogP contribution in [0.25, 0.3) is 0 Å². The summed E-state index contributed by atoms with van der Waals surface area (Å²) in [6.45, 7) is 3.77. The molecule has 20 heavy (non-hydrogen) atoms. The molecule has 0 unspecified atom stereocenters. The van der Waals surface area contributed by atoms with Gasteiger partial charge < -0.3 is 9.67 Å². The van der Waals surface area contributed by atoms with Gasteiger partial charge in [-0.1, -0.05) is 18.2 Å². The van der Waals surface area contributed by atoms with E-state index in [9.17, 15) is 14.9 Å². The summed E-state index contributed by atoms with van der Waals surface area (Å²) in [6.07, 6.45) is 0. The lowest BCUT2D eigenvalue weighted by atomic mass is 10.1. The number of carbonyl (C=O) groups is 1. The Bertz CT molecular complexity index is 688. The van der Waals surface area contributed by atoms with Gasteiger partial charge in [-0.15, -0.1) is 0 Å². The number of nitrogens with zero attached hydrogens (tertiary/aromatic N) is 2. The molecule has 2 aromatic rings. The van der Waals surface area contributed by atoms with Gasteiger partial charge in [0.25, 0.3) is 5.69 Å². The standard InChI is InChI=1S/C14H14N2O4/c1-9-7-12(14(17)18)10(2)15(9)8-11-5-3-4-6-13(11)16(19)20/h3-7H,8H2,1-2H3,(H,17,18). The number of rotatable bonds is 4. The van der Waals surface area contributed by atoms with Gasteiger partial charge in [-0.3, -0.25) is 10.1 Å². The fraction of sp³-hybridized carbons (Fsp3) is 0.214. The molecule has 0 atom stereocenters. The van der Waals surface area contributed by atoms with E-state index < -0.39 is 10.9 Å². The first-order valence-electron chi connectivity index (χ1n) is 6.04. The molecule has 0 bridgehead atoms. The highest BCUT2D eigenvalue weighted by molar-refractivity contribution is 5.89. The zero-order chi connectivity index (χ0) is 14.9. The lowest BCUT2D eigenvalue weighted by molar-refractivity contribution is -0.385. The largest absolute Gasteiger partial charge is 0.478 e. The fourth-order valence-electron chi connectivity index (χ4n) is 2.25. The van der Waals surface area contributed by atoms with E-state index in [1.54, 1.807) is 42.7 Å². The van der Waals surface area contributed by atoms with Crippen LogP contribution >= 0.6 is 0 Å². The molecule has 1 aromatic carbocycles. The van der Waals surface area contributed by atoms with Crippen molar-refractivity contribution in [3.8, 4) is 0 Å². The third-order valence-corrected chi connectivity index (χ3v) is 3.32. The Hall–Kier alpha value is -2.63. The second-order valence-corrected chi connectivity index (χ2v) is 4.56. The molecule has 1 heterocycles. The van der Waals surface area contributed by atoms with Crippen LogP contribution in [0.1, 0.15) is 27.3 Å². The van der Waals surface area contributed by atoms with Crippen molar-refractivity contribution in [2.45, 2.75) is 20.4 Å². The predicted molar refractivity (Wildman–Crippen MR) is 73.1 cm³/mol. The average Bonchev–Trinajstić information content (AvgIpc) is 2.67. The summed E-state index contributed by atoms with van der Waals surface area (Å²) >= 11 is 0. The molecule has 0 spiro atoms. The first-order valence-corrected chi connectivity index (χ1v) is 6.04. The average molecular weight is 274 g/mol. The zero-order valence-electron chi connectivity index (χ0n) is 11.2. The van der Waals surface area contributed by atoms with Crippen LogP contribution in [-0.4, -0.2) is 20.6 Å². The predicted octanol–water partition coefficient (Wildman–Crippen LogP) is 2.76. The zero-order valence-corrected chi connectivity index (χ0v) is 11.2. The van der Waals surface area contributed by atoms with E-state index in [-0.39, 0.29) is 17.8 Å². The van der Waals surface area contributed by atoms with Crippen molar-refractivity contribution in [2.75, 3.05) is 0 Å². The number of aryl methyl sites for hydroxylation is 1. The highest BCUT2D eigenvalue weighted by Gasteiger charge is 2.18. The van der Waals surface area contributed by atoms with Crippen LogP contribution in [0.2, 0.25) is 0 Å². The maximum absolute atomic E-state index is 11.1. The molecule has 6 nitrogen and oxygen atoms in total. The SMILES string of the molecule is Cc1cc(C(=O)O)c(C)n1Cc1ccccc1[N+](=O)[O-]. The monoisotopic (exact) mass is 274 g/mol. The topological polar surface area (TPSA) is 85.4 Å². The van der Waals surface area contributed by atoms with E-state index >= 15 is 0 Å². The number of aromatic nitrogens is 1. The molecular weight excluding hydrogens is 260 g/mol. The molecule has 0 saturated carbocycles. The van der Waals surface area contributed by atoms with Crippen LogP contribution in [0, 0.1) is 24.0 Å². The summed E-state index contributed by atoms with van der Waals surface area (Å²) in [5, 5.41) is 20.1. The van der Waals surface area contributed by atoms with Crippen LogP contribution in [0.4, 0.5) is 5.69 Å². The number of hydrogen-bond acceptors (Lipinski definition) is 3. The maximum atomic E-state index is 11.1. The number of carboxylic acids is 1. The molecule has 0 aliphatic heterocycles. The second kappa shape index (κ2) is 5.16. The van der Waals surface area contributed by atoms with Gasteiger partial charge in [0, 0.05) is 23.0 Å². The van der Waals surface area contributed by atoms with Gasteiger partial charge in [-0.2, -0.15) is 0 Å². The molecule has 1 N–H and O–H groups in total. The number of carboxylic acid groups (broad SMARTS) is 1. The lowest BCUT2D eigenvalue weighted by Gasteiger charge is -2.10. The maximum Gasteiger partial charge on any atom is 0.337 e. The molecule has 0 aliphatic carbocycles. The van der Waals surface area contributed by atoms with E-state index in [0.29, 0.717) is 11.3 Å². The van der Waals surface area contributed by atoms with Gasteiger partial charge in [0.2, 0.25) is 0 Å². The normalized spacial score (nSPS) is 10.5. The summed E-state index contributed by atoms with van der Waals surface area (Å²) < 4.78 is 1.77. The Morgan fingerprint density at radius 1 is 1.35 bits per heavy atom. The van der Waals surface area contributed by atoms with Crippen LogP contribution in [0.3, 0.4) is 0 Å².